The Morgan fingerprint density at radius 3 is 2.71 bits per heavy atom. The van der Waals surface area contributed by atoms with E-state index in [4.69, 9.17) is 16.6 Å². The molecule has 0 aromatic carbocycles. The third kappa shape index (κ3) is 5.49. The second kappa shape index (κ2) is 11.0. The molecule has 1 saturated heterocycles. The van der Waals surface area contributed by atoms with Crippen LogP contribution in [0.5, 0.6) is 0 Å². The molecule has 9 nitrogen and oxygen atoms in total. The molecule has 2 aromatic rings. The maximum Gasteiger partial charge on any atom is 0.356 e. The van der Waals surface area contributed by atoms with E-state index in [0.717, 1.165) is 36.4 Å². The summed E-state index contributed by atoms with van der Waals surface area (Å²) in [5.41, 5.74) is 2.11. The van der Waals surface area contributed by atoms with Crippen LogP contribution in [-0.4, -0.2) is 63.9 Å². The summed E-state index contributed by atoms with van der Waals surface area (Å²) in [6.07, 6.45) is 5.43. The van der Waals surface area contributed by atoms with Crippen molar-refractivity contribution in [3.8, 4) is 0 Å². The van der Waals surface area contributed by atoms with Crippen LogP contribution in [0.2, 0.25) is 0 Å². The Bertz CT molecular complexity index is 1180. The van der Waals surface area contributed by atoms with Gasteiger partial charge < -0.3 is 20.6 Å². The van der Waals surface area contributed by atoms with Gasteiger partial charge in [0.15, 0.2) is 10.8 Å². The number of carbonyl (C=O) groups excluding carboxylic acids is 1. The van der Waals surface area contributed by atoms with E-state index in [1.807, 2.05) is 6.92 Å². The van der Waals surface area contributed by atoms with Crippen molar-refractivity contribution in [2.75, 3.05) is 18.0 Å². The van der Waals surface area contributed by atoms with Crippen molar-refractivity contribution in [3.63, 3.8) is 0 Å². The van der Waals surface area contributed by atoms with E-state index in [2.05, 4.69) is 39.4 Å². The second-order valence-corrected chi connectivity index (χ2v) is 10.2. The molecule has 1 fully saturated rings. The van der Waals surface area contributed by atoms with E-state index in [1.165, 1.54) is 17.5 Å². The normalized spacial score (nSPS) is 20.6. The Morgan fingerprint density at radius 1 is 1.29 bits per heavy atom. The molecule has 0 radical (unpaired) electrons. The summed E-state index contributed by atoms with van der Waals surface area (Å²) in [6.45, 7) is 7.64. The second-order valence-electron chi connectivity index (χ2n) is 8.89. The average molecular weight is 519 g/mol. The summed E-state index contributed by atoms with van der Waals surface area (Å²) in [7, 11) is 0. The number of carboxylic acids is 1. The first kappa shape index (κ1) is 25.5. The van der Waals surface area contributed by atoms with Crippen LogP contribution in [0.4, 0.5) is 5.13 Å². The Morgan fingerprint density at radius 2 is 2.06 bits per heavy atom. The van der Waals surface area contributed by atoms with Crippen molar-refractivity contribution in [3.05, 3.63) is 28.7 Å². The number of hydrogen-bond acceptors (Lipinski definition) is 8. The minimum Gasteiger partial charge on any atom is -0.476 e. The number of allylic oxidation sites excluding steroid dienone is 1. The predicted octanol–water partition coefficient (Wildman–Crippen LogP) is 3.94. The zero-order valence-electron chi connectivity index (χ0n) is 20.2. The van der Waals surface area contributed by atoms with Crippen molar-refractivity contribution in [2.45, 2.75) is 71.0 Å². The van der Waals surface area contributed by atoms with Crippen molar-refractivity contribution < 1.29 is 14.7 Å². The number of aliphatic imine (C=N–C) groups is 1. The molecule has 4 heterocycles. The van der Waals surface area contributed by atoms with Crippen LogP contribution in [0.15, 0.2) is 28.0 Å². The van der Waals surface area contributed by atoms with Crippen LogP contribution < -0.4 is 15.5 Å². The number of nitrogens with zero attached hydrogens (tertiary/aromatic N) is 4. The molecule has 2 aliphatic rings. The summed E-state index contributed by atoms with van der Waals surface area (Å²) < 4.78 is 0.574. The lowest BCUT2D eigenvalue weighted by atomic mass is 9.97. The zero-order valence-corrected chi connectivity index (χ0v) is 21.7. The van der Waals surface area contributed by atoms with Gasteiger partial charge in [-0.25, -0.2) is 19.8 Å². The maximum absolute atomic E-state index is 13.0. The number of aromatic nitrogens is 2. The Labute approximate surface area is 213 Å². The molecule has 4 rings (SSSR count). The third-order valence-corrected chi connectivity index (χ3v) is 8.22. The number of nitrogens with one attached hydrogen (secondary N) is 2. The fourth-order valence-corrected chi connectivity index (χ4v) is 5.97. The van der Waals surface area contributed by atoms with Gasteiger partial charge in [0.2, 0.25) is 0 Å². The van der Waals surface area contributed by atoms with Gasteiger partial charge in [-0.2, -0.15) is 0 Å². The average Bonchev–Trinajstić information content (AvgIpc) is 3.46. The SMILES string of the molecule is CCC1=C(Cl)N=C(C(=O)N[C@@H]2CCN(c3nc4ccnc(C(=O)O)c4s3)C[C@@H]2NC(CC)CC)C1. The highest BCUT2D eigenvalue weighted by Crippen LogP contribution is 2.32. The highest BCUT2D eigenvalue weighted by molar-refractivity contribution is 7.22. The number of amides is 1. The van der Waals surface area contributed by atoms with Crippen molar-refractivity contribution >= 4 is 55.9 Å². The number of fused-ring (bicyclic) bond motifs is 1. The number of piperidine rings is 1. The van der Waals surface area contributed by atoms with E-state index in [0.29, 0.717) is 46.6 Å². The maximum atomic E-state index is 13.0. The van der Waals surface area contributed by atoms with Gasteiger partial charge >= 0.3 is 5.97 Å². The van der Waals surface area contributed by atoms with Crippen LogP contribution in [0.1, 0.15) is 63.4 Å². The zero-order chi connectivity index (χ0) is 25.1. The van der Waals surface area contributed by atoms with Crippen LogP contribution in [0.25, 0.3) is 10.2 Å². The van der Waals surface area contributed by atoms with Gasteiger partial charge in [-0.05, 0) is 37.3 Å². The molecule has 35 heavy (non-hydrogen) atoms. The van der Waals surface area contributed by atoms with Crippen molar-refractivity contribution in [1.82, 2.24) is 20.6 Å². The van der Waals surface area contributed by atoms with Gasteiger partial charge in [-0.3, -0.25) is 4.79 Å². The number of anilines is 1. The predicted molar refractivity (Wildman–Crippen MR) is 140 cm³/mol. The van der Waals surface area contributed by atoms with E-state index < -0.39 is 5.97 Å². The first-order valence-corrected chi connectivity index (χ1v) is 13.3. The molecule has 0 bridgehead atoms. The largest absolute Gasteiger partial charge is 0.476 e. The smallest absolute Gasteiger partial charge is 0.356 e. The topological polar surface area (TPSA) is 120 Å². The molecule has 0 unspecified atom stereocenters. The fraction of sp³-hybridized carbons (Fsp3) is 0.542. The number of carbonyl (C=O) groups is 2. The van der Waals surface area contributed by atoms with Crippen LogP contribution >= 0.6 is 22.9 Å². The molecule has 0 aliphatic carbocycles. The number of thiazole rings is 1. The highest BCUT2D eigenvalue weighted by Gasteiger charge is 2.34. The minimum absolute atomic E-state index is 0.00207. The number of hydrogen-bond donors (Lipinski definition) is 3. The van der Waals surface area contributed by atoms with E-state index in [9.17, 15) is 14.7 Å². The Kier molecular flexibility index (Phi) is 8.03. The molecule has 11 heteroatoms. The van der Waals surface area contributed by atoms with Crippen molar-refractivity contribution in [2.24, 2.45) is 4.99 Å². The lowest BCUT2D eigenvalue weighted by molar-refractivity contribution is -0.115. The van der Waals surface area contributed by atoms with Gasteiger partial charge in [0.25, 0.3) is 5.91 Å². The quantitative estimate of drug-likeness (QED) is 0.430. The molecule has 2 atom stereocenters. The molecule has 2 aliphatic heterocycles. The summed E-state index contributed by atoms with van der Waals surface area (Å²) in [5, 5.41) is 17.6. The van der Waals surface area contributed by atoms with Gasteiger partial charge in [-0.1, -0.05) is 43.7 Å². The first-order chi connectivity index (χ1) is 16.8. The third-order valence-electron chi connectivity index (χ3n) is 6.73. The van der Waals surface area contributed by atoms with E-state index in [-0.39, 0.29) is 23.7 Å². The molecule has 3 N–H and O–H groups in total. The summed E-state index contributed by atoms with van der Waals surface area (Å²) in [4.78, 5) is 39.8. The van der Waals surface area contributed by atoms with E-state index >= 15 is 0 Å². The van der Waals surface area contributed by atoms with Gasteiger partial charge in [0.05, 0.1) is 10.2 Å². The minimum atomic E-state index is -1.06. The lowest BCUT2D eigenvalue weighted by Crippen LogP contribution is -2.61. The molecule has 1 amide bonds. The van der Waals surface area contributed by atoms with Crippen LogP contribution in [-0.2, 0) is 4.79 Å². The number of aromatic carboxylic acids is 1. The molecular formula is C24H31ClN6O3S. The standard InChI is InChI=1S/C24H31ClN6O3S/c1-4-13-11-17(28-21(13)25)22(32)29-15-8-10-31(12-18(15)27-14(5-2)6-3)24-30-16-7-9-26-19(23(33)34)20(16)35-24/h7,9,14-15,18,27H,4-6,8,10-12H2,1-3H3,(H,29,32)(H,33,34)/t15-,18+/m1/s1. The molecular weight excluding hydrogens is 488 g/mol. The Balaban J connectivity index is 1.52. The number of rotatable bonds is 9. The molecule has 0 spiro atoms. The van der Waals surface area contributed by atoms with Crippen LogP contribution in [0.3, 0.4) is 0 Å². The van der Waals surface area contributed by atoms with Crippen LogP contribution in [0, 0.1) is 0 Å². The van der Waals surface area contributed by atoms with E-state index in [1.54, 1.807) is 6.07 Å². The highest BCUT2D eigenvalue weighted by atomic mass is 35.5. The lowest BCUT2D eigenvalue weighted by Gasteiger charge is -2.40. The number of pyridine rings is 1. The monoisotopic (exact) mass is 518 g/mol. The summed E-state index contributed by atoms with van der Waals surface area (Å²) >= 11 is 7.54. The molecule has 2 aromatic heterocycles. The number of carboxylic acid groups (broad SMARTS) is 1. The first-order valence-electron chi connectivity index (χ1n) is 12.1. The van der Waals surface area contributed by atoms with Crippen molar-refractivity contribution in [1.29, 1.82) is 0 Å². The Hall–Kier alpha value is -2.56. The fourth-order valence-electron chi connectivity index (χ4n) is 4.59. The van der Waals surface area contributed by atoms with Gasteiger partial charge in [-0.15, -0.1) is 0 Å². The molecule has 188 valence electrons. The molecule has 0 saturated carbocycles. The van der Waals surface area contributed by atoms with Gasteiger partial charge in [0, 0.05) is 43.8 Å². The summed E-state index contributed by atoms with van der Waals surface area (Å²) in [6, 6.07) is 1.99. The van der Waals surface area contributed by atoms with Gasteiger partial charge in [0.1, 0.15) is 10.9 Å². The summed E-state index contributed by atoms with van der Waals surface area (Å²) in [5.74, 6) is -1.23. The number of halogens is 1.